The first-order valence-corrected chi connectivity index (χ1v) is 9.47. The zero-order chi connectivity index (χ0) is 21.8. The van der Waals surface area contributed by atoms with Gasteiger partial charge < -0.3 is 4.74 Å². The van der Waals surface area contributed by atoms with E-state index in [1.165, 1.54) is 12.1 Å². The monoisotopic (exact) mass is 423 g/mol. The van der Waals surface area contributed by atoms with Gasteiger partial charge in [0.1, 0.15) is 5.02 Å². The second kappa shape index (κ2) is 8.88. The Morgan fingerprint density at radius 3 is 2.23 bits per heavy atom. The smallest absolute Gasteiger partial charge is 0.339 e. The first-order valence-electron chi connectivity index (χ1n) is 9.09. The van der Waals surface area contributed by atoms with Crippen LogP contribution in [0.5, 0.6) is 0 Å². The molecule has 0 bridgehead atoms. The second-order valence-electron chi connectivity index (χ2n) is 6.78. The number of hydrogen-bond donors (Lipinski definition) is 0. The topological polar surface area (TPSA) is 86.5 Å². The largest absolute Gasteiger partial charge is 0.445 e. The molecule has 0 aliphatic rings. The van der Waals surface area contributed by atoms with Gasteiger partial charge in [-0.3, -0.25) is 14.9 Å². The van der Waals surface area contributed by atoms with Crippen molar-refractivity contribution in [2.75, 3.05) is 0 Å². The number of Topliss-reactive ketones (excluding diaryl/α,β-unsaturated/α-hetero) is 1. The van der Waals surface area contributed by atoms with E-state index in [0.29, 0.717) is 11.1 Å². The molecule has 0 fully saturated rings. The molecule has 0 radical (unpaired) electrons. The molecule has 0 aliphatic heterocycles. The molecule has 0 spiro atoms. The average molecular weight is 424 g/mol. The molecule has 0 heterocycles. The number of ether oxygens (including phenoxy) is 1. The Hall–Kier alpha value is -3.51. The third-order valence-electron chi connectivity index (χ3n) is 4.74. The first-order chi connectivity index (χ1) is 14.3. The number of ketones is 1. The van der Waals surface area contributed by atoms with Crippen LogP contribution in [0.1, 0.15) is 43.5 Å². The van der Waals surface area contributed by atoms with Crippen molar-refractivity contribution in [3.63, 3.8) is 0 Å². The maximum absolute atomic E-state index is 13.2. The minimum Gasteiger partial charge on any atom is -0.445 e. The summed E-state index contributed by atoms with van der Waals surface area (Å²) in [5.74, 6) is -1.25. The maximum atomic E-state index is 13.2. The molecule has 3 aromatic carbocycles. The number of nitrogens with zero attached hydrogens (tertiary/aromatic N) is 1. The summed E-state index contributed by atoms with van der Waals surface area (Å²) in [7, 11) is 0. The molecule has 152 valence electrons. The van der Waals surface area contributed by atoms with Crippen LogP contribution in [0.3, 0.4) is 0 Å². The van der Waals surface area contributed by atoms with Crippen LogP contribution in [0, 0.1) is 24.0 Å². The average Bonchev–Trinajstić information content (AvgIpc) is 2.74. The molecule has 0 amide bonds. The van der Waals surface area contributed by atoms with Crippen molar-refractivity contribution in [2.45, 2.75) is 20.0 Å². The summed E-state index contributed by atoms with van der Waals surface area (Å²) in [4.78, 5) is 36.4. The number of esters is 1. The standard InChI is InChI=1S/C23H18ClNO5/c1-14-8-9-17(12-15(14)2)21(26)22(16-6-4-3-5-7-16)30-23(27)18-10-11-19(24)20(13-18)25(28)29/h3-13,22H,1-2H3. The highest BCUT2D eigenvalue weighted by atomic mass is 35.5. The van der Waals surface area contributed by atoms with E-state index < -0.39 is 22.7 Å². The Morgan fingerprint density at radius 2 is 1.60 bits per heavy atom. The number of halogens is 1. The Balaban J connectivity index is 1.97. The fraction of sp³-hybridized carbons (Fsp3) is 0.130. The van der Waals surface area contributed by atoms with Crippen LogP contribution in [-0.4, -0.2) is 16.7 Å². The second-order valence-corrected chi connectivity index (χ2v) is 7.19. The van der Waals surface area contributed by atoms with Gasteiger partial charge in [0, 0.05) is 17.2 Å². The highest BCUT2D eigenvalue weighted by Gasteiger charge is 2.28. The summed E-state index contributed by atoms with van der Waals surface area (Å²) in [6, 6.07) is 17.5. The van der Waals surface area contributed by atoms with Gasteiger partial charge in [-0.2, -0.15) is 0 Å². The zero-order valence-electron chi connectivity index (χ0n) is 16.3. The zero-order valence-corrected chi connectivity index (χ0v) is 17.1. The van der Waals surface area contributed by atoms with E-state index in [1.807, 2.05) is 19.9 Å². The third kappa shape index (κ3) is 4.55. The van der Waals surface area contributed by atoms with E-state index >= 15 is 0 Å². The van der Waals surface area contributed by atoms with Gasteiger partial charge in [-0.15, -0.1) is 0 Å². The molecule has 1 unspecified atom stereocenters. The van der Waals surface area contributed by atoms with Crippen LogP contribution in [0.15, 0.2) is 66.7 Å². The normalized spacial score (nSPS) is 11.6. The van der Waals surface area contributed by atoms with Crippen molar-refractivity contribution in [1.29, 1.82) is 0 Å². The maximum Gasteiger partial charge on any atom is 0.339 e. The van der Waals surface area contributed by atoms with Crippen LogP contribution >= 0.6 is 11.6 Å². The fourth-order valence-electron chi connectivity index (χ4n) is 2.90. The number of carbonyl (C=O) groups excluding carboxylic acids is 2. The van der Waals surface area contributed by atoms with Gasteiger partial charge in [0.2, 0.25) is 5.78 Å². The number of hydrogen-bond acceptors (Lipinski definition) is 5. The highest BCUT2D eigenvalue weighted by molar-refractivity contribution is 6.32. The van der Waals surface area contributed by atoms with Gasteiger partial charge >= 0.3 is 5.97 Å². The third-order valence-corrected chi connectivity index (χ3v) is 5.05. The lowest BCUT2D eigenvalue weighted by Crippen LogP contribution is -2.20. The molecule has 0 N–H and O–H groups in total. The number of nitro groups is 1. The molecule has 7 heteroatoms. The Labute approximate surface area is 178 Å². The minimum atomic E-state index is -1.20. The minimum absolute atomic E-state index is 0.0695. The van der Waals surface area contributed by atoms with Crippen LogP contribution in [0.2, 0.25) is 5.02 Å². The Kier molecular flexibility index (Phi) is 6.28. The molecule has 1 atom stereocenters. The van der Waals surface area contributed by atoms with Crippen LogP contribution in [-0.2, 0) is 4.74 Å². The SMILES string of the molecule is Cc1ccc(C(=O)C(OC(=O)c2ccc(Cl)c([N+](=O)[O-])c2)c2ccccc2)cc1C. The predicted molar refractivity (Wildman–Crippen MR) is 113 cm³/mol. The molecule has 0 saturated carbocycles. The van der Waals surface area contributed by atoms with Crippen molar-refractivity contribution >= 4 is 29.0 Å². The van der Waals surface area contributed by atoms with E-state index in [1.54, 1.807) is 42.5 Å². The van der Waals surface area contributed by atoms with Crippen LogP contribution in [0.25, 0.3) is 0 Å². The highest BCUT2D eigenvalue weighted by Crippen LogP contribution is 2.28. The number of carbonyl (C=O) groups is 2. The summed E-state index contributed by atoms with van der Waals surface area (Å²) in [5, 5.41) is 11.0. The molecule has 0 aromatic heterocycles. The summed E-state index contributed by atoms with van der Waals surface area (Å²) in [6.45, 7) is 3.83. The lowest BCUT2D eigenvalue weighted by molar-refractivity contribution is -0.384. The quantitative estimate of drug-likeness (QED) is 0.221. The van der Waals surface area contributed by atoms with Gasteiger partial charge in [0.15, 0.2) is 6.10 Å². The van der Waals surface area contributed by atoms with E-state index in [0.717, 1.165) is 17.2 Å². The van der Waals surface area contributed by atoms with Gasteiger partial charge in [-0.1, -0.05) is 54.1 Å². The van der Waals surface area contributed by atoms with Gasteiger partial charge in [0.25, 0.3) is 5.69 Å². The predicted octanol–water partition coefficient (Wildman–Crippen LogP) is 5.65. The van der Waals surface area contributed by atoms with E-state index in [-0.39, 0.29) is 16.4 Å². The number of aryl methyl sites for hydroxylation is 2. The van der Waals surface area contributed by atoms with Crippen molar-refractivity contribution in [2.24, 2.45) is 0 Å². The fourth-order valence-corrected chi connectivity index (χ4v) is 3.09. The summed E-state index contributed by atoms with van der Waals surface area (Å²) in [6.07, 6.45) is -1.20. The van der Waals surface area contributed by atoms with Crippen molar-refractivity contribution in [1.82, 2.24) is 0 Å². The summed E-state index contributed by atoms with van der Waals surface area (Å²) >= 11 is 5.81. The molecule has 30 heavy (non-hydrogen) atoms. The Morgan fingerprint density at radius 1 is 0.933 bits per heavy atom. The number of nitro benzene ring substituents is 1. The van der Waals surface area contributed by atoms with Gasteiger partial charge in [0.05, 0.1) is 10.5 Å². The molecular weight excluding hydrogens is 406 g/mol. The van der Waals surface area contributed by atoms with Crippen LogP contribution in [0.4, 0.5) is 5.69 Å². The Bertz CT molecular complexity index is 1130. The molecule has 0 aliphatic carbocycles. The van der Waals surface area contributed by atoms with Gasteiger partial charge in [-0.05, 0) is 43.2 Å². The number of rotatable bonds is 6. The lowest BCUT2D eigenvalue weighted by Gasteiger charge is -2.18. The summed E-state index contributed by atoms with van der Waals surface area (Å²) < 4.78 is 5.53. The molecule has 0 saturated heterocycles. The first kappa shape index (κ1) is 21.2. The van der Waals surface area contributed by atoms with Crippen molar-refractivity contribution < 1.29 is 19.2 Å². The van der Waals surface area contributed by atoms with E-state index in [9.17, 15) is 19.7 Å². The van der Waals surface area contributed by atoms with Crippen molar-refractivity contribution in [3.8, 4) is 0 Å². The van der Waals surface area contributed by atoms with Gasteiger partial charge in [-0.25, -0.2) is 4.79 Å². The van der Waals surface area contributed by atoms with Crippen molar-refractivity contribution in [3.05, 3.63) is 110 Å². The van der Waals surface area contributed by atoms with E-state index in [4.69, 9.17) is 16.3 Å². The number of benzene rings is 3. The molecule has 3 aromatic rings. The van der Waals surface area contributed by atoms with Crippen LogP contribution < -0.4 is 0 Å². The molecule has 3 rings (SSSR count). The molecular formula is C23H18ClNO5. The lowest BCUT2D eigenvalue weighted by atomic mass is 9.97. The summed E-state index contributed by atoms with van der Waals surface area (Å²) in [5.41, 5.74) is 2.39. The molecule has 6 nitrogen and oxygen atoms in total. The van der Waals surface area contributed by atoms with E-state index in [2.05, 4.69) is 0 Å².